The maximum atomic E-state index is 12.3. The number of rotatable bonds is 6. The summed E-state index contributed by atoms with van der Waals surface area (Å²) in [6.07, 6.45) is 3.66. The molecule has 19 heavy (non-hydrogen) atoms. The van der Waals surface area contributed by atoms with Crippen LogP contribution in [0.1, 0.15) is 46.5 Å². The van der Waals surface area contributed by atoms with Gasteiger partial charge in [-0.05, 0) is 37.1 Å². The normalized spacial score (nSPS) is 25.4. The molecule has 0 spiro atoms. The van der Waals surface area contributed by atoms with Gasteiger partial charge in [-0.2, -0.15) is 0 Å². The minimum absolute atomic E-state index is 0.122. The van der Waals surface area contributed by atoms with Crippen LogP contribution in [0.3, 0.4) is 0 Å². The van der Waals surface area contributed by atoms with Crippen molar-refractivity contribution in [3.8, 4) is 0 Å². The fourth-order valence-corrected chi connectivity index (χ4v) is 2.92. The first-order valence-electron chi connectivity index (χ1n) is 6.89. The highest BCUT2D eigenvalue weighted by Gasteiger charge is 2.46. The van der Waals surface area contributed by atoms with Gasteiger partial charge in [-0.15, -0.1) is 0 Å². The minimum atomic E-state index is -0.622. The van der Waals surface area contributed by atoms with E-state index in [2.05, 4.69) is 29.2 Å². The summed E-state index contributed by atoms with van der Waals surface area (Å²) < 4.78 is 5.23. The van der Waals surface area contributed by atoms with Crippen LogP contribution in [-0.4, -0.2) is 31.2 Å². The minimum Gasteiger partial charge on any atom is -0.465 e. The summed E-state index contributed by atoms with van der Waals surface area (Å²) in [4.78, 5) is 15.0. The topological polar surface area (TPSA) is 87.1 Å². The standard InChI is InChI=1S/C13H24N4O2/c1-4-19-11(18)13(15-8-9-16-17-14)7-5-6-12(2,3)10-13/h15H,4-10H2,1-3H3. The molecule has 108 valence electrons. The van der Waals surface area contributed by atoms with Crippen molar-refractivity contribution in [1.82, 2.24) is 5.32 Å². The Morgan fingerprint density at radius 1 is 1.47 bits per heavy atom. The van der Waals surface area contributed by atoms with Gasteiger partial charge >= 0.3 is 5.97 Å². The van der Waals surface area contributed by atoms with E-state index in [-0.39, 0.29) is 11.4 Å². The number of azide groups is 1. The highest BCUT2D eigenvalue weighted by Crippen LogP contribution is 2.41. The summed E-state index contributed by atoms with van der Waals surface area (Å²) in [5, 5.41) is 6.77. The average molecular weight is 268 g/mol. The molecule has 1 fully saturated rings. The third kappa shape index (κ3) is 4.40. The molecule has 6 heteroatoms. The molecule has 1 aliphatic rings. The van der Waals surface area contributed by atoms with Gasteiger partial charge in [-0.25, -0.2) is 0 Å². The molecule has 0 radical (unpaired) electrons. The van der Waals surface area contributed by atoms with Crippen molar-refractivity contribution >= 4 is 5.97 Å². The van der Waals surface area contributed by atoms with E-state index in [0.717, 1.165) is 25.7 Å². The number of ether oxygens (including phenoxy) is 1. The van der Waals surface area contributed by atoms with Crippen LogP contribution in [0.5, 0.6) is 0 Å². The van der Waals surface area contributed by atoms with Gasteiger partial charge in [-0.1, -0.05) is 25.4 Å². The lowest BCUT2D eigenvalue weighted by Crippen LogP contribution is -2.57. The van der Waals surface area contributed by atoms with Gasteiger partial charge < -0.3 is 10.1 Å². The lowest BCUT2D eigenvalue weighted by atomic mass is 9.68. The Hall–Kier alpha value is -1.26. The van der Waals surface area contributed by atoms with Crippen LogP contribution in [0.15, 0.2) is 5.11 Å². The maximum Gasteiger partial charge on any atom is 0.326 e. The number of esters is 1. The van der Waals surface area contributed by atoms with Gasteiger partial charge in [0, 0.05) is 18.0 Å². The number of carbonyl (C=O) groups excluding carboxylic acids is 1. The van der Waals surface area contributed by atoms with Crippen molar-refractivity contribution in [1.29, 1.82) is 0 Å². The fraction of sp³-hybridized carbons (Fsp3) is 0.923. The molecule has 0 bridgehead atoms. The highest BCUT2D eigenvalue weighted by atomic mass is 16.5. The third-order valence-electron chi connectivity index (χ3n) is 3.64. The van der Waals surface area contributed by atoms with Crippen LogP contribution in [0.4, 0.5) is 0 Å². The molecule has 1 atom stereocenters. The highest BCUT2D eigenvalue weighted by molar-refractivity contribution is 5.81. The molecule has 0 aromatic rings. The summed E-state index contributed by atoms with van der Waals surface area (Å²) >= 11 is 0. The smallest absolute Gasteiger partial charge is 0.326 e. The van der Waals surface area contributed by atoms with Gasteiger partial charge in [0.1, 0.15) is 5.54 Å². The Balaban J connectivity index is 2.77. The summed E-state index contributed by atoms with van der Waals surface area (Å²) in [7, 11) is 0. The zero-order chi connectivity index (χ0) is 14.4. The van der Waals surface area contributed by atoms with Crippen LogP contribution in [0.25, 0.3) is 10.4 Å². The summed E-state index contributed by atoms with van der Waals surface area (Å²) in [6, 6.07) is 0. The molecular formula is C13H24N4O2. The van der Waals surface area contributed by atoms with Crippen molar-refractivity contribution in [2.24, 2.45) is 10.5 Å². The number of carbonyl (C=O) groups is 1. The molecule has 1 saturated carbocycles. The summed E-state index contributed by atoms with van der Waals surface area (Å²) in [6.45, 7) is 7.40. The van der Waals surface area contributed by atoms with E-state index >= 15 is 0 Å². The zero-order valence-electron chi connectivity index (χ0n) is 12.1. The molecule has 1 unspecified atom stereocenters. The second-order valence-electron chi connectivity index (χ2n) is 5.88. The molecule has 1 aliphatic carbocycles. The Bertz CT molecular complexity index is 364. The zero-order valence-corrected chi connectivity index (χ0v) is 12.1. The first-order chi connectivity index (χ1) is 8.96. The lowest BCUT2D eigenvalue weighted by molar-refractivity contribution is -0.154. The molecule has 0 amide bonds. The molecule has 0 aromatic carbocycles. The fourth-order valence-electron chi connectivity index (χ4n) is 2.92. The van der Waals surface area contributed by atoms with E-state index in [1.54, 1.807) is 0 Å². The van der Waals surface area contributed by atoms with E-state index in [9.17, 15) is 4.79 Å². The van der Waals surface area contributed by atoms with E-state index in [4.69, 9.17) is 10.3 Å². The van der Waals surface area contributed by atoms with Crippen LogP contribution < -0.4 is 5.32 Å². The Morgan fingerprint density at radius 2 is 2.21 bits per heavy atom. The van der Waals surface area contributed by atoms with Crippen molar-refractivity contribution in [3.63, 3.8) is 0 Å². The molecule has 1 N–H and O–H groups in total. The predicted molar refractivity (Wildman–Crippen MR) is 73.6 cm³/mol. The lowest BCUT2D eigenvalue weighted by Gasteiger charge is -2.43. The van der Waals surface area contributed by atoms with Crippen molar-refractivity contribution in [3.05, 3.63) is 10.4 Å². The molecule has 1 rings (SSSR count). The number of hydrogen-bond acceptors (Lipinski definition) is 4. The first kappa shape index (κ1) is 15.8. The largest absolute Gasteiger partial charge is 0.465 e. The maximum absolute atomic E-state index is 12.3. The van der Waals surface area contributed by atoms with Gasteiger partial charge in [0.05, 0.1) is 6.61 Å². The molecule has 6 nitrogen and oxygen atoms in total. The quantitative estimate of drug-likeness (QED) is 0.264. The van der Waals surface area contributed by atoms with Crippen LogP contribution in [0, 0.1) is 5.41 Å². The Labute approximate surface area is 114 Å². The predicted octanol–water partition coefficient (Wildman–Crippen LogP) is 2.79. The van der Waals surface area contributed by atoms with Gasteiger partial charge in [0.25, 0.3) is 0 Å². The number of nitrogens with zero attached hydrogens (tertiary/aromatic N) is 3. The summed E-state index contributed by atoms with van der Waals surface area (Å²) in [5.74, 6) is -0.177. The van der Waals surface area contributed by atoms with Crippen LogP contribution in [0.2, 0.25) is 0 Å². The van der Waals surface area contributed by atoms with Crippen LogP contribution >= 0.6 is 0 Å². The number of hydrogen-bond donors (Lipinski definition) is 1. The van der Waals surface area contributed by atoms with Gasteiger partial charge in [-0.3, -0.25) is 4.79 Å². The number of nitrogens with one attached hydrogen (secondary N) is 1. The third-order valence-corrected chi connectivity index (χ3v) is 3.64. The second kappa shape index (κ2) is 6.78. The van der Waals surface area contributed by atoms with Crippen molar-refractivity contribution < 1.29 is 9.53 Å². The van der Waals surface area contributed by atoms with E-state index in [1.807, 2.05) is 6.92 Å². The molecule has 0 saturated heterocycles. The average Bonchev–Trinajstić information content (AvgIpc) is 2.34. The Kier molecular flexibility index (Phi) is 5.63. The second-order valence-corrected chi connectivity index (χ2v) is 5.88. The molecule has 0 aliphatic heterocycles. The monoisotopic (exact) mass is 268 g/mol. The van der Waals surface area contributed by atoms with Crippen molar-refractivity contribution in [2.75, 3.05) is 19.7 Å². The van der Waals surface area contributed by atoms with Gasteiger partial charge in [0.15, 0.2) is 0 Å². The van der Waals surface area contributed by atoms with E-state index < -0.39 is 5.54 Å². The summed E-state index contributed by atoms with van der Waals surface area (Å²) in [5.41, 5.74) is 7.78. The van der Waals surface area contributed by atoms with E-state index in [0.29, 0.717) is 19.7 Å². The van der Waals surface area contributed by atoms with Crippen LogP contribution in [-0.2, 0) is 9.53 Å². The molecular weight excluding hydrogens is 244 g/mol. The Morgan fingerprint density at radius 3 is 2.79 bits per heavy atom. The van der Waals surface area contributed by atoms with Crippen molar-refractivity contribution in [2.45, 2.75) is 52.0 Å². The van der Waals surface area contributed by atoms with E-state index in [1.165, 1.54) is 0 Å². The SMILES string of the molecule is CCOC(=O)C1(NCCN=[N+]=[N-])CCCC(C)(C)C1. The first-order valence-corrected chi connectivity index (χ1v) is 6.89. The molecule has 0 heterocycles. The molecule has 0 aromatic heterocycles. The van der Waals surface area contributed by atoms with Gasteiger partial charge in [0.2, 0.25) is 0 Å².